The van der Waals surface area contributed by atoms with Crippen molar-refractivity contribution in [2.24, 2.45) is 0 Å². The molecule has 0 saturated carbocycles. The lowest BCUT2D eigenvalue weighted by Gasteiger charge is -2.32. The lowest BCUT2D eigenvalue weighted by atomic mass is 9.79. The number of aromatic nitrogens is 3. The van der Waals surface area contributed by atoms with Crippen LogP contribution in [0.2, 0.25) is 30.7 Å². The topological polar surface area (TPSA) is 58.4 Å². The van der Waals surface area contributed by atoms with Gasteiger partial charge in [-0.05, 0) is 45.3 Å². The summed E-state index contributed by atoms with van der Waals surface area (Å²) in [6.45, 7) is 16.2. The van der Waals surface area contributed by atoms with Gasteiger partial charge in [0.2, 0.25) is 0 Å². The highest BCUT2D eigenvalue weighted by Gasteiger charge is 2.51. The predicted octanol–water partition coefficient (Wildman–Crippen LogP) is 4.21. The molecule has 1 aliphatic heterocycles. The fraction of sp³-hybridized carbons (Fsp3) is 0.600. The van der Waals surface area contributed by atoms with Gasteiger partial charge in [0, 0.05) is 20.2 Å². The van der Waals surface area contributed by atoms with Crippen molar-refractivity contribution in [3.63, 3.8) is 0 Å². The van der Waals surface area contributed by atoms with Gasteiger partial charge in [-0.15, -0.1) is 0 Å². The van der Waals surface area contributed by atoms with Crippen molar-refractivity contribution in [1.82, 2.24) is 14.8 Å². The van der Waals surface area contributed by atoms with E-state index in [0.717, 1.165) is 23.7 Å². The average molecular weight is 436 g/mol. The van der Waals surface area contributed by atoms with Gasteiger partial charge in [0.1, 0.15) is 13.1 Å². The van der Waals surface area contributed by atoms with Crippen LogP contribution >= 0.6 is 11.6 Å². The Labute approximate surface area is 180 Å². The van der Waals surface area contributed by atoms with Crippen molar-refractivity contribution in [3.8, 4) is 11.4 Å². The number of hydrogen-bond donors (Lipinski definition) is 0. The summed E-state index contributed by atoms with van der Waals surface area (Å²) in [5.41, 5.74) is 0.903. The summed E-state index contributed by atoms with van der Waals surface area (Å²) in [6.07, 6.45) is 1.52. The van der Waals surface area contributed by atoms with Gasteiger partial charge in [-0.25, -0.2) is 9.67 Å². The summed E-state index contributed by atoms with van der Waals surface area (Å²) in [6, 6.07) is 6.89. The molecule has 1 saturated heterocycles. The smallest absolute Gasteiger partial charge is 0.399 e. The molecule has 0 radical (unpaired) electrons. The molecule has 0 bridgehead atoms. The molecule has 1 fully saturated rings. The van der Waals surface area contributed by atoms with Crippen LogP contribution < -0.4 is 5.46 Å². The van der Waals surface area contributed by atoms with Crippen molar-refractivity contribution >= 4 is 32.3 Å². The molecule has 3 rings (SSSR count). The summed E-state index contributed by atoms with van der Waals surface area (Å²) in [5.74, 6) is 0.684. The van der Waals surface area contributed by atoms with E-state index in [2.05, 4.69) is 29.7 Å². The van der Waals surface area contributed by atoms with Crippen LogP contribution in [-0.4, -0.2) is 47.8 Å². The van der Waals surface area contributed by atoms with E-state index in [4.69, 9.17) is 25.6 Å². The molecule has 1 aromatic heterocycles. The van der Waals surface area contributed by atoms with Gasteiger partial charge in [0.15, 0.2) is 5.82 Å². The molecule has 0 atom stereocenters. The first-order valence-electron chi connectivity index (χ1n) is 10.0. The molecular formula is C20H31BClN3O3Si. The van der Waals surface area contributed by atoms with Crippen LogP contribution in [-0.2, 0) is 20.8 Å². The summed E-state index contributed by atoms with van der Waals surface area (Å²) < 4.78 is 19.8. The monoisotopic (exact) mass is 435 g/mol. The van der Waals surface area contributed by atoms with Crippen LogP contribution in [0.5, 0.6) is 0 Å². The quantitative estimate of drug-likeness (QED) is 0.481. The van der Waals surface area contributed by atoms with Gasteiger partial charge < -0.3 is 14.0 Å². The number of benzene rings is 1. The largest absolute Gasteiger partial charge is 0.494 e. The molecule has 0 spiro atoms. The Balaban J connectivity index is 1.73. The highest BCUT2D eigenvalue weighted by molar-refractivity contribution is 6.76. The molecule has 0 aliphatic carbocycles. The summed E-state index contributed by atoms with van der Waals surface area (Å²) >= 11 is 6.61. The van der Waals surface area contributed by atoms with Gasteiger partial charge in [0.25, 0.3) is 0 Å². The Kier molecular flexibility index (Phi) is 6.32. The zero-order valence-corrected chi connectivity index (χ0v) is 20.2. The average Bonchev–Trinajstić information content (AvgIpc) is 3.12. The van der Waals surface area contributed by atoms with Gasteiger partial charge in [0.05, 0.1) is 16.2 Å². The Morgan fingerprint density at radius 2 is 1.79 bits per heavy atom. The predicted molar refractivity (Wildman–Crippen MR) is 120 cm³/mol. The van der Waals surface area contributed by atoms with Crippen LogP contribution in [0.3, 0.4) is 0 Å². The van der Waals surface area contributed by atoms with Gasteiger partial charge in [-0.2, -0.15) is 5.10 Å². The fourth-order valence-electron chi connectivity index (χ4n) is 2.94. The molecule has 1 aromatic carbocycles. The first-order valence-corrected chi connectivity index (χ1v) is 14.1. The van der Waals surface area contributed by atoms with Crippen LogP contribution in [0.15, 0.2) is 24.5 Å². The maximum absolute atomic E-state index is 6.61. The van der Waals surface area contributed by atoms with E-state index in [1.807, 2.05) is 45.9 Å². The second-order valence-electron chi connectivity index (χ2n) is 9.76. The summed E-state index contributed by atoms with van der Waals surface area (Å²) in [5, 5.41) is 4.87. The third-order valence-electron chi connectivity index (χ3n) is 5.58. The lowest BCUT2D eigenvalue weighted by Crippen LogP contribution is -2.41. The number of rotatable bonds is 7. The van der Waals surface area contributed by atoms with Gasteiger partial charge in [-0.1, -0.05) is 43.4 Å². The molecule has 1 aliphatic rings. The Morgan fingerprint density at radius 1 is 1.14 bits per heavy atom. The number of hydrogen-bond acceptors (Lipinski definition) is 5. The first-order chi connectivity index (χ1) is 13.4. The molecule has 158 valence electrons. The minimum Gasteiger partial charge on any atom is -0.399 e. The normalized spacial score (nSPS) is 18.4. The number of halogens is 1. The van der Waals surface area contributed by atoms with Crippen molar-refractivity contribution in [2.45, 2.75) is 71.3 Å². The minimum absolute atomic E-state index is 0.356. The Morgan fingerprint density at radius 3 is 2.38 bits per heavy atom. The van der Waals surface area contributed by atoms with E-state index in [9.17, 15) is 0 Å². The maximum Gasteiger partial charge on any atom is 0.494 e. The molecule has 0 amide bonds. The maximum atomic E-state index is 6.61. The zero-order valence-electron chi connectivity index (χ0n) is 18.5. The van der Waals surface area contributed by atoms with Gasteiger partial charge in [-0.3, -0.25) is 0 Å². The van der Waals surface area contributed by atoms with Crippen LogP contribution in [0.25, 0.3) is 11.4 Å². The molecule has 29 heavy (non-hydrogen) atoms. The lowest BCUT2D eigenvalue weighted by molar-refractivity contribution is 0.00578. The standard InChI is InChI=1S/C20H31BClN3O3Si/c1-19(2)20(3,4)28-21(27-19)15-8-9-16(17(22)12-15)18-23-13-24-25(18)14-26-10-11-29(5,6)7/h8-9,12-13H,10-11,14H2,1-7H3. The Bertz CT molecular complexity index is 851. The minimum atomic E-state index is -1.12. The summed E-state index contributed by atoms with van der Waals surface area (Å²) in [7, 11) is -1.57. The number of nitrogens with zero attached hydrogens (tertiary/aromatic N) is 3. The highest BCUT2D eigenvalue weighted by Crippen LogP contribution is 2.37. The van der Waals surface area contributed by atoms with Crippen molar-refractivity contribution in [1.29, 1.82) is 0 Å². The molecule has 9 heteroatoms. The highest BCUT2D eigenvalue weighted by atomic mass is 35.5. The van der Waals surface area contributed by atoms with Crippen molar-refractivity contribution < 1.29 is 14.0 Å². The van der Waals surface area contributed by atoms with Crippen LogP contribution in [0, 0.1) is 0 Å². The van der Waals surface area contributed by atoms with E-state index in [0.29, 0.717) is 17.6 Å². The third-order valence-corrected chi connectivity index (χ3v) is 7.60. The van der Waals surface area contributed by atoms with Crippen molar-refractivity contribution in [3.05, 3.63) is 29.5 Å². The Hall–Kier alpha value is -1.19. The van der Waals surface area contributed by atoms with E-state index in [-0.39, 0.29) is 0 Å². The van der Waals surface area contributed by atoms with Crippen molar-refractivity contribution in [2.75, 3.05) is 6.61 Å². The summed E-state index contributed by atoms with van der Waals surface area (Å²) in [4.78, 5) is 4.38. The first kappa shape index (κ1) is 22.5. The van der Waals surface area contributed by atoms with E-state index in [1.165, 1.54) is 6.33 Å². The molecule has 0 N–H and O–H groups in total. The van der Waals surface area contributed by atoms with Crippen LogP contribution in [0.1, 0.15) is 27.7 Å². The van der Waals surface area contributed by atoms with E-state index < -0.39 is 26.4 Å². The zero-order chi connectivity index (χ0) is 21.4. The molecule has 2 heterocycles. The molecule has 0 unspecified atom stereocenters. The number of ether oxygens (including phenoxy) is 1. The molecule has 6 nitrogen and oxygen atoms in total. The molecule has 2 aromatic rings. The third kappa shape index (κ3) is 5.11. The van der Waals surface area contributed by atoms with Gasteiger partial charge >= 0.3 is 7.12 Å². The second-order valence-corrected chi connectivity index (χ2v) is 15.8. The fourth-order valence-corrected chi connectivity index (χ4v) is 3.97. The molecular weight excluding hydrogens is 405 g/mol. The van der Waals surface area contributed by atoms with E-state index >= 15 is 0 Å². The SMILES string of the molecule is CC1(C)OB(c2ccc(-c3ncnn3COCC[Si](C)(C)C)c(Cl)c2)OC1(C)C. The van der Waals surface area contributed by atoms with Crippen LogP contribution in [0.4, 0.5) is 0 Å². The second kappa shape index (κ2) is 8.15. The van der Waals surface area contributed by atoms with E-state index in [1.54, 1.807) is 4.68 Å².